The Balaban J connectivity index is 1.72. The molecule has 1 aliphatic rings. The summed E-state index contributed by atoms with van der Waals surface area (Å²) >= 11 is 0. The molecule has 1 unspecified atom stereocenters. The molecule has 0 aromatic carbocycles. The molecule has 1 fully saturated rings. The number of hydrogen-bond donors (Lipinski definition) is 1. The zero-order valence-corrected chi connectivity index (χ0v) is 11.2. The smallest absolute Gasteiger partial charge is 0.0701 e. The molecule has 0 bridgehead atoms. The van der Waals surface area contributed by atoms with Crippen LogP contribution in [0.3, 0.4) is 0 Å². The molecule has 1 saturated heterocycles. The van der Waals surface area contributed by atoms with E-state index in [2.05, 4.69) is 19.2 Å². The molecule has 102 valence electrons. The SMILES string of the molecule is CC(C)COCCOCCNCC1CCCO1. The summed E-state index contributed by atoms with van der Waals surface area (Å²) < 4.78 is 16.4. The van der Waals surface area contributed by atoms with Crippen molar-refractivity contribution in [3.05, 3.63) is 0 Å². The van der Waals surface area contributed by atoms with Gasteiger partial charge in [-0.1, -0.05) is 13.8 Å². The van der Waals surface area contributed by atoms with Gasteiger partial charge in [-0.2, -0.15) is 0 Å². The Kier molecular flexibility index (Phi) is 8.61. The summed E-state index contributed by atoms with van der Waals surface area (Å²) in [5, 5.41) is 3.35. The van der Waals surface area contributed by atoms with Gasteiger partial charge in [0.15, 0.2) is 0 Å². The van der Waals surface area contributed by atoms with E-state index < -0.39 is 0 Å². The molecule has 1 rings (SSSR count). The van der Waals surface area contributed by atoms with Crippen molar-refractivity contribution in [1.82, 2.24) is 5.32 Å². The van der Waals surface area contributed by atoms with Crippen LogP contribution >= 0.6 is 0 Å². The molecule has 1 heterocycles. The van der Waals surface area contributed by atoms with E-state index in [-0.39, 0.29) is 0 Å². The zero-order chi connectivity index (χ0) is 12.3. The van der Waals surface area contributed by atoms with Crippen LogP contribution in [0.2, 0.25) is 0 Å². The number of hydrogen-bond acceptors (Lipinski definition) is 4. The minimum absolute atomic E-state index is 0.421. The first kappa shape index (κ1) is 14.9. The second-order valence-corrected chi connectivity index (χ2v) is 4.92. The molecule has 0 aliphatic carbocycles. The van der Waals surface area contributed by atoms with E-state index in [1.165, 1.54) is 12.8 Å². The monoisotopic (exact) mass is 245 g/mol. The lowest BCUT2D eigenvalue weighted by Gasteiger charge is -2.11. The third-order valence-corrected chi connectivity index (χ3v) is 2.64. The number of rotatable bonds is 10. The Hall–Kier alpha value is -0.160. The third-order valence-electron chi connectivity index (χ3n) is 2.64. The molecule has 0 saturated carbocycles. The highest BCUT2D eigenvalue weighted by atomic mass is 16.5. The van der Waals surface area contributed by atoms with Crippen molar-refractivity contribution in [2.75, 3.05) is 46.1 Å². The van der Waals surface area contributed by atoms with E-state index >= 15 is 0 Å². The van der Waals surface area contributed by atoms with Crippen molar-refractivity contribution in [3.8, 4) is 0 Å². The molecule has 17 heavy (non-hydrogen) atoms. The van der Waals surface area contributed by atoms with Gasteiger partial charge in [0.05, 0.1) is 25.9 Å². The summed E-state index contributed by atoms with van der Waals surface area (Å²) in [5.41, 5.74) is 0. The maximum Gasteiger partial charge on any atom is 0.0701 e. The van der Waals surface area contributed by atoms with Crippen LogP contribution in [0.4, 0.5) is 0 Å². The van der Waals surface area contributed by atoms with Crippen LogP contribution in [0.25, 0.3) is 0 Å². The summed E-state index contributed by atoms with van der Waals surface area (Å²) in [5.74, 6) is 0.600. The molecule has 1 aliphatic heterocycles. The zero-order valence-electron chi connectivity index (χ0n) is 11.2. The van der Waals surface area contributed by atoms with Gasteiger partial charge in [0.2, 0.25) is 0 Å². The molecule has 4 nitrogen and oxygen atoms in total. The van der Waals surface area contributed by atoms with Crippen LogP contribution in [0, 0.1) is 5.92 Å². The minimum Gasteiger partial charge on any atom is -0.379 e. The molecule has 1 atom stereocenters. The van der Waals surface area contributed by atoms with Gasteiger partial charge >= 0.3 is 0 Å². The molecule has 1 N–H and O–H groups in total. The van der Waals surface area contributed by atoms with Crippen molar-refractivity contribution < 1.29 is 14.2 Å². The molecule has 0 aromatic rings. The van der Waals surface area contributed by atoms with E-state index in [9.17, 15) is 0 Å². The molecular weight excluding hydrogens is 218 g/mol. The average Bonchev–Trinajstić information content (AvgIpc) is 2.79. The largest absolute Gasteiger partial charge is 0.379 e. The van der Waals surface area contributed by atoms with Gasteiger partial charge in [-0.25, -0.2) is 0 Å². The van der Waals surface area contributed by atoms with Crippen LogP contribution in [-0.4, -0.2) is 52.2 Å². The molecule has 0 aromatic heterocycles. The quantitative estimate of drug-likeness (QED) is 0.591. The first-order valence-corrected chi connectivity index (χ1v) is 6.77. The fraction of sp³-hybridized carbons (Fsp3) is 1.00. The number of ether oxygens (including phenoxy) is 3. The first-order chi connectivity index (χ1) is 8.29. The van der Waals surface area contributed by atoms with E-state index in [4.69, 9.17) is 14.2 Å². The van der Waals surface area contributed by atoms with Crippen molar-refractivity contribution in [2.45, 2.75) is 32.8 Å². The summed E-state index contributed by atoms with van der Waals surface area (Å²) in [6.45, 7) is 10.0. The first-order valence-electron chi connectivity index (χ1n) is 6.77. The Bertz CT molecular complexity index is 170. The highest BCUT2D eigenvalue weighted by Gasteiger charge is 2.13. The lowest BCUT2D eigenvalue weighted by Crippen LogP contribution is -2.29. The van der Waals surface area contributed by atoms with Gasteiger partial charge in [-0.3, -0.25) is 0 Å². The highest BCUT2D eigenvalue weighted by molar-refractivity contribution is 4.66. The van der Waals surface area contributed by atoms with Crippen molar-refractivity contribution >= 4 is 0 Å². The lowest BCUT2D eigenvalue weighted by atomic mass is 10.2. The van der Waals surface area contributed by atoms with Crippen molar-refractivity contribution in [1.29, 1.82) is 0 Å². The summed E-state index contributed by atoms with van der Waals surface area (Å²) in [7, 11) is 0. The Morgan fingerprint density at radius 2 is 2.06 bits per heavy atom. The van der Waals surface area contributed by atoms with Crippen LogP contribution < -0.4 is 5.32 Å². The maximum absolute atomic E-state index is 5.51. The molecule has 0 radical (unpaired) electrons. The number of nitrogens with one attached hydrogen (secondary N) is 1. The van der Waals surface area contributed by atoms with E-state index in [1.807, 2.05) is 0 Å². The second-order valence-electron chi connectivity index (χ2n) is 4.92. The van der Waals surface area contributed by atoms with Crippen molar-refractivity contribution in [2.24, 2.45) is 5.92 Å². The van der Waals surface area contributed by atoms with Gasteiger partial charge in [-0.15, -0.1) is 0 Å². The van der Waals surface area contributed by atoms with Gasteiger partial charge in [-0.05, 0) is 18.8 Å². The Morgan fingerprint density at radius 1 is 1.24 bits per heavy atom. The Morgan fingerprint density at radius 3 is 2.76 bits per heavy atom. The van der Waals surface area contributed by atoms with Crippen LogP contribution in [0.5, 0.6) is 0 Å². The molecule has 4 heteroatoms. The molecule has 0 spiro atoms. The lowest BCUT2D eigenvalue weighted by molar-refractivity contribution is 0.0376. The normalized spacial score (nSPS) is 20.3. The summed E-state index contributed by atoms with van der Waals surface area (Å²) in [6, 6.07) is 0. The van der Waals surface area contributed by atoms with Crippen LogP contribution in [0.15, 0.2) is 0 Å². The predicted molar refractivity (Wildman–Crippen MR) is 68.3 cm³/mol. The van der Waals surface area contributed by atoms with Crippen LogP contribution in [-0.2, 0) is 14.2 Å². The van der Waals surface area contributed by atoms with Gasteiger partial charge < -0.3 is 19.5 Å². The average molecular weight is 245 g/mol. The summed E-state index contributed by atoms with van der Waals surface area (Å²) in [4.78, 5) is 0. The van der Waals surface area contributed by atoms with E-state index in [0.29, 0.717) is 25.2 Å². The van der Waals surface area contributed by atoms with E-state index in [1.54, 1.807) is 0 Å². The summed E-state index contributed by atoms with van der Waals surface area (Å²) in [6.07, 6.45) is 2.82. The third kappa shape index (κ3) is 8.55. The second kappa shape index (κ2) is 9.83. The fourth-order valence-corrected chi connectivity index (χ4v) is 1.75. The van der Waals surface area contributed by atoms with Gasteiger partial charge in [0, 0.05) is 26.3 Å². The van der Waals surface area contributed by atoms with Gasteiger partial charge in [0.25, 0.3) is 0 Å². The topological polar surface area (TPSA) is 39.7 Å². The highest BCUT2D eigenvalue weighted by Crippen LogP contribution is 2.10. The van der Waals surface area contributed by atoms with Crippen molar-refractivity contribution in [3.63, 3.8) is 0 Å². The van der Waals surface area contributed by atoms with Crippen LogP contribution in [0.1, 0.15) is 26.7 Å². The van der Waals surface area contributed by atoms with E-state index in [0.717, 1.165) is 32.9 Å². The molecular formula is C13H27NO3. The minimum atomic E-state index is 0.421. The predicted octanol–water partition coefficient (Wildman–Crippen LogP) is 1.44. The standard InChI is InChI=1S/C13H27NO3/c1-12(2)11-16-9-8-15-7-5-14-10-13-4-3-6-17-13/h12-14H,3-11H2,1-2H3. The Labute approximate surface area is 105 Å². The van der Waals surface area contributed by atoms with Gasteiger partial charge in [0.1, 0.15) is 0 Å². The fourth-order valence-electron chi connectivity index (χ4n) is 1.75. The molecule has 0 amide bonds. The maximum atomic E-state index is 5.51.